The number of hydrogen-bond acceptors (Lipinski definition) is 4. The van der Waals surface area contributed by atoms with E-state index in [9.17, 15) is 14.7 Å². The summed E-state index contributed by atoms with van der Waals surface area (Å²) in [5.74, 6) is -0.645. The largest absolute Gasteiger partial charge is 0.480 e. The summed E-state index contributed by atoms with van der Waals surface area (Å²) in [7, 11) is 0. The zero-order chi connectivity index (χ0) is 17.2. The first-order chi connectivity index (χ1) is 11.6. The number of carboxylic acids is 1. The molecule has 0 aromatic heterocycles. The van der Waals surface area contributed by atoms with Crippen LogP contribution in [0, 0.1) is 0 Å². The summed E-state index contributed by atoms with van der Waals surface area (Å²) in [4.78, 5) is 23.2. The smallest absolute Gasteiger partial charge is 0.408 e. The first-order valence-electron chi connectivity index (χ1n) is 8.47. The molecule has 0 spiro atoms. The van der Waals surface area contributed by atoms with Gasteiger partial charge in [-0.3, -0.25) is 0 Å². The highest BCUT2D eigenvalue weighted by molar-refractivity contribution is 7.99. The second-order valence-electron chi connectivity index (χ2n) is 6.04. The van der Waals surface area contributed by atoms with E-state index in [0.717, 1.165) is 18.4 Å². The molecule has 0 heterocycles. The summed E-state index contributed by atoms with van der Waals surface area (Å²) in [6, 6.07) is 8.39. The molecule has 0 bridgehead atoms. The molecule has 1 aromatic rings. The lowest BCUT2D eigenvalue weighted by atomic mass is 10.2. The monoisotopic (exact) mass is 351 g/mol. The Hall–Kier alpha value is -1.69. The van der Waals surface area contributed by atoms with Gasteiger partial charge in [-0.25, -0.2) is 9.59 Å². The fourth-order valence-corrected chi connectivity index (χ4v) is 4.08. The van der Waals surface area contributed by atoms with E-state index in [1.165, 1.54) is 25.7 Å². The number of thioether (sulfide) groups is 1. The van der Waals surface area contributed by atoms with Gasteiger partial charge in [0.2, 0.25) is 0 Å². The number of ether oxygens (including phenoxy) is 1. The number of nitrogens with one attached hydrogen (secondary N) is 1. The molecule has 6 heteroatoms. The first kappa shape index (κ1) is 18.6. The topological polar surface area (TPSA) is 75.6 Å². The molecule has 1 saturated carbocycles. The van der Waals surface area contributed by atoms with Gasteiger partial charge in [0.05, 0.1) is 0 Å². The molecule has 24 heavy (non-hydrogen) atoms. The average molecular weight is 351 g/mol. The molecule has 1 amide bonds. The molecule has 2 rings (SSSR count). The number of aliphatic carboxylic acids is 1. The van der Waals surface area contributed by atoms with Crippen molar-refractivity contribution in [3.63, 3.8) is 0 Å². The Kier molecular flexibility index (Phi) is 7.95. The minimum atomic E-state index is -1.02. The van der Waals surface area contributed by atoms with Crippen molar-refractivity contribution in [3.8, 4) is 0 Å². The van der Waals surface area contributed by atoms with Crippen molar-refractivity contribution in [3.05, 3.63) is 35.9 Å². The Morgan fingerprint density at radius 1 is 1.17 bits per heavy atom. The summed E-state index contributed by atoms with van der Waals surface area (Å²) >= 11 is 1.65. The van der Waals surface area contributed by atoms with Crippen LogP contribution in [0.25, 0.3) is 0 Å². The Balaban J connectivity index is 1.75. The number of carboxylic acid groups (broad SMARTS) is 1. The van der Waals surface area contributed by atoms with Crippen LogP contribution in [-0.4, -0.2) is 34.2 Å². The number of alkyl carbamates (subject to hydrolysis) is 1. The van der Waals surface area contributed by atoms with Gasteiger partial charge in [-0.15, -0.1) is 0 Å². The summed E-state index contributed by atoms with van der Waals surface area (Å²) in [6.45, 7) is 0.134. The van der Waals surface area contributed by atoms with Gasteiger partial charge in [-0.05, 0) is 18.4 Å². The summed E-state index contributed by atoms with van der Waals surface area (Å²) in [6.07, 6.45) is 6.54. The van der Waals surface area contributed by atoms with Crippen molar-refractivity contribution in [1.29, 1.82) is 0 Å². The number of carbonyl (C=O) groups excluding carboxylic acids is 1. The van der Waals surface area contributed by atoms with Gasteiger partial charge < -0.3 is 15.2 Å². The van der Waals surface area contributed by atoms with Crippen LogP contribution in [0.2, 0.25) is 0 Å². The molecule has 1 aromatic carbocycles. The van der Waals surface area contributed by atoms with E-state index in [-0.39, 0.29) is 6.61 Å². The molecule has 2 N–H and O–H groups in total. The molecular weight excluding hydrogens is 326 g/mol. The molecule has 1 unspecified atom stereocenters. The van der Waals surface area contributed by atoms with Crippen molar-refractivity contribution < 1.29 is 19.4 Å². The van der Waals surface area contributed by atoms with Gasteiger partial charge in [-0.1, -0.05) is 56.0 Å². The fraction of sp³-hybridized carbons (Fsp3) is 0.556. The van der Waals surface area contributed by atoms with E-state index < -0.39 is 18.1 Å². The number of rotatable bonds is 7. The van der Waals surface area contributed by atoms with Gasteiger partial charge in [0.25, 0.3) is 0 Å². The molecule has 5 nitrogen and oxygen atoms in total. The van der Waals surface area contributed by atoms with Gasteiger partial charge >= 0.3 is 12.1 Å². The Morgan fingerprint density at radius 3 is 2.46 bits per heavy atom. The highest BCUT2D eigenvalue weighted by atomic mass is 32.2. The zero-order valence-corrected chi connectivity index (χ0v) is 14.6. The summed E-state index contributed by atoms with van der Waals surface area (Å²) in [5, 5.41) is 12.3. The van der Waals surface area contributed by atoms with Crippen molar-refractivity contribution in [1.82, 2.24) is 5.32 Å². The maximum atomic E-state index is 11.8. The Morgan fingerprint density at radius 2 is 1.83 bits per heavy atom. The van der Waals surface area contributed by atoms with E-state index in [4.69, 9.17) is 4.74 Å². The molecular formula is C18H25NO4S. The van der Waals surface area contributed by atoms with Crippen molar-refractivity contribution in [2.45, 2.75) is 56.4 Å². The van der Waals surface area contributed by atoms with E-state index in [1.807, 2.05) is 30.3 Å². The third kappa shape index (κ3) is 6.83. The minimum absolute atomic E-state index is 0.134. The van der Waals surface area contributed by atoms with E-state index in [0.29, 0.717) is 11.0 Å². The maximum absolute atomic E-state index is 11.8. The second-order valence-corrected chi connectivity index (χ2v) is 7.38. The lowest BCUT2D eigenvalue weighted by Gasteiger charge is -2.18. The predicted octanol–water partition coefficient (Wildman–Crippen LogP) is 3.82. The van der Waals surface area contributed by atoms with Crippen LogP contribution in [0.1, 0.15) is 44.1 Å². The van der Waals surface area contributed by atoms with Crippen LogP contribution in [0.15, 0.2) is 30.3 Å². The minimum Gasteiger partial charge on any atom is -0.480 e. The molecule has 0 saturated heterocycles. The zero-order valence-electron chi connectivity index (χ0n) is 13.8. The quantitative estimate of drug-likeness (QED) is 0.730. The normalized spacial score (nSPS) is 16.8. The fourth-order valence-electron chi connectivity index (χ4n) is 2.72. The van der Waals surface area contributed by atoms with Gasteiger partial charge in [-0.2, -0.15) is 11.8 Å². The van der Waals surface area contributed by atoms with Gasteiger partial charge in [0.15, 0.2) is 0 Å². The first-order valence-corrected chi connectivity index (χ1v) is 9.51. The van der Waals surface area contributed by atoms with Crippen molar-refractivity contribution in [2.24, 2.45) is 0 Å². The third-order valence-electron chi connectivity index (χ3n) is 4.10. The molecule has 1 aliphatic rings. The van der Waals surface area contributed by atoms with Crippen molar-refractivity contribution in [2.75, 3.05) is 5.75 Å². The lowest BCUT2D eigenvalue weighted by Crippen LogP contribution is -2.43. The number of amides is 1. The molecule has 0 radical (unpaired) electrons. The maximum Gasteiger partial charge on any atom is 0.408 e. The number of hydrogen-bond donors (Lipinski definition) is 2. The van der Waals surface area contributed by atoms with Crippen LogP contribution in [0.4, 0.5) is 4.79 Å². The van der Waals surface area contributed by atoms with Crippen molar-refractivity contribution >= 4 is 23.8 Å². The molecule has 1 aliphatic carbocycles. The predicted molar refractivity (Wildman–Crippen MR) is 95.1 cm³/mol. The molecule has 0 aliphatic heterocycles. The van der Waals surface area contributed by atoms with Gasteiger partial charge in [0, 0.05) is 11.0 Å². The number of carbonyl (C=O) groups is 2. The van der Waals surface area contributed by atoms with Crippen LogP contribution < -0.4 is 5.32 Å². The van der Waals surface area contributed by atoms with Crippen LogP contribution >= 0.6 is 11.8 Å². The van der Waals surface area contributed by atoms with Crippen LogP contribution in [-0.2, 0) is 16.1 Å². The van der Waals surface area contributed by atoms with E-state index >= 15 is 0 Å². The lowest BCUT2D eigenvalue weighted by molar-refractivity contribution is -0.138. The van der Waals surface area contributed by atoms with Gasteiger partial charge in [0.1, 0.15) is 12.6 Å². The van der Waals surface area contributed by atoms with Crippen LogP contribution in [0.5, 0.6) is 0 Å². The molecule has 132 valence electrons. The highest BCUT2D eigenvalue weighted by Crippen LogP contribution is 2.27. The highest BCUT2D eigenvalue weighted by Gasteiger charge is 2.23. The van der Waals surface area contributed by atoms with Crippen LogP contribution in [0.3, 0.4) is 0 Å². The average Bonchev–Trinajstić information content (AvgIpc) is 2.86. The SMILES string of the molecule is O=C(NC(CSC1CCCCCC1)C(=O)O)OCc1ccccc1. The molecule has 1 atom stereocenters. The summed E-state index contributed by atoms with van der Waals surface area (Å²) < 4.78 is 5.10. The third-order valence-corrected chi connectivity index (χ3v) is 5.57. The second kappa shape index (κ2) is 10.2. The standard InChI is InChI=1S/C18H25NO4S/c20-17(21)16(13-24-15-10-6-1-2-7-11-15)19-18(22)23-12-14-8-4-3-5-9-14/h3-5,8-9,15-16H,1-2,6-7,10-13H2,(H,19,22)(H,20,21). The summed E-state index contributed by atoms with van der Waals surface area (Å²) in [5.41, 5.74) is 0.868. The number of benzene rings is 1. The Labute approximate surface area is 147 Å². The Bertz CT molecular complexity index is 515. The van der Waals surface area contributed by atoms with E-state index in [1.54, 1.807) is 11.8 Å². The van der Waals surface area contributed by atoms with E-state index in [2.05, 4.69) is 5.32 Å². The molecule has 1 fully saturated rings.